The van der Waals surface area contributed by atoms with Crippen molar-refractivity contribution in [2.24, 2.45) is 7.05 Å². The maximum atomic E-state index is 12.8. The lowest BCUT2D eigenvalue weighted by atomic mass is 10.0. The topological polar surface area (TPSA) is 59.4 Å². The highest BCUT2D eigenvalue weighted by Crippen LogP contribution is 2.23. The molecule has 0 spiro atoms. The van der Waals surface area contributed by atoms with Gasteiger partial charge in [0, 0.05) is 49.2 Å². The van der Waals surface area contributed by atoms with Crippen molar-refractivity contribution in [3.63, 3.8) is 0 Å². The predicted molar refractivity (Wildman–Crippen MR) is 115 cm³/mol. The van der Waals surface area contributed by atoms with Crippen LogP contribution in [0.15, 0.2) is 59.6 Å². The Kier molecular flexibility index (Phi) is 5.56. The van der Waals surface area contributed by atoms with E-state index >= 15 is 0 Å². The number of sulfonamides is 1. The Balaban J connectivity index is 1.44. The Labute approximate surface area is 172 Å². The van der Waals surface area contributed by atoms with Crippen molar-refractivity contribution < 1.29 is 13.2 Å². The maximum absolute atomic E-state index is 12.8. The lowest BCUT2D eigenvalue weighted by Gasteiger charge is -2.25. The Hall–Kier alpha value is -2.44. The molecule has 2 aromatic carbocycles. The number of rotatable bonds is 6. The molecule has 29 heavy (non-hydrogen) atoms. The quantitative estimate of drug-likeness (QED) is 0.573. The van der Waals surface area contributed by atoms with Gasteiger partial charge in [-0.1, -0.05) is 36.8 Å². The molecule has 152 valence electrons. The van der Waals surface area contributed by atoms with Gasteiger partial charge in [-0.05, 0) is 43.0 Å². The van der Waals surface area contributed by atoms with Gasteiger partial charge in [-0.3, -0.25) is 4.79 Å². The zero-order valence-electron chi connectivity index (χ0n) is 16.7. The first kappa shape index (κ1) is 19.9. The summed E-state index contributed by atoms with van der Waals surface area (Å²) in [7, 11) is -1.47. The molecule has 0 amide bonds. The van der Waals surface area contributed by atoms with Crippen LogP contribution in [-0.4, -0.2) is 36.2 Å². The van der Waals surface area contributed by atoms with Gasteiger partial charge >= 0.3 is 0 Å². The third-order valence-corrected chi connectivity index (χ3v) is 7.63. The summed E-state index contributed by atoms with van der Waals surface area (Å²) in [5.74, 6) is 0.104. The monoisotopic (exact) mass is 410 g/mol. The normalized spacial score (nSPS) is 15.6. The van der Waals surface area contributed by atoms with Crippen molar-refractivity contribution in [3.8, 4) is 0 Å². The van der Waals surface area contributed by atoms with Crippen LogP contribution in [0.3, 0.4) is 0 Å². The van der Waals surface area contributed by atoms with Gasteiger partial charge in [0.25, 0.3) is 0 Å². The average Bonchev–Trinajstić information content (AvgIpc) is 3.10. The second kappa shape index (κ2) is 8.13. The molecule has 0 aliphatic carbocycles. The Morgan fingerprint density at radius 1 is 0.966 bits per heavy atom. The summed E-state index contributed by atoms with van der Waals surface area (Å²) in [6.07, 6.45) is 5.82. The van der Waals surface area contributed by atoms with Crippen molar-refractivity contribution in [1.29, 1.82) is 0 Å². The van der Waals surface area contributed by atoms with E-state index in [9.17, 15) is 13.2 Å². The zero-order valence-corrected chi connectivity index (χ0v) is 17.5. The van der Waals surface area contributed by atoms with E-state index in [1.54, 1.807) is 16.4 Å². The molecule has 0 saturated carbocycles. The van der Waals surface area contributed by atoms with Crippen molar-refractivity contribution in [3.05, 3.63) is 65.9 Å². The Morgan fingerprint density at radius 2 is 1.66 bits per heavy atom. The van der Waals surface area contributed by atoms with Gasteiger partial charge in [-0.25, -0.2) is 8.42 Å². The number of benzene rings is 2. The molecule has 1 fully saturated rings. The fourth-order valence-electron chi connectivity index (χ4n) is 4.04. The van der Waals surface area contributed by atoms with Crippen LogP contribution in [0.1, 0.15) is 41.6 Å². The summed E-state index contributed by atoms with van der Waals surface area (Å²) < 4.78 is 29.0. The van der Waals surface area contributed by atoms with Crippen LogP contribution in [0.2, 0.25) is 0 Å². The van der Waals surface area contributed by atoms with E-state index < -0.39 is 10.0 Å². The van der Waals surface area contributed by atoms with Gasteiger partial charge in [-0.2, -0.15) is 4.31 Å². The molecule has 1 aromatic heterocycles. The summed E-state index contributed by atoms with van der Waals surface area (Å²) >= 11 is 0. The molecule has 0 atom stereocenters. The first-order chi connectivity index (χ1) is 14.0. The van der Waals surface area contributed by atoms with E-state index in [0.717, 1.165) is 41.3 Å². The van der Waals surface area contributed by atoms with E-state index in [1.165, 1.54) is 0 Å². The summed E-state index contributed by atoms with van der Waals surface area (Å²) in [5.41, 5.74) is 2.76. The standard InChI is InChI=1S/C23H26N2O3S/c1-24-17-21(20-7-3-4-8-22(20)24)23(26)14-11-18-9-12-19(13-10-18)29(27,28)25-15-5-2-6-16-25/h3-4,7-10,12-13,17H,2,5-6,11,14-16H2,1H3. The molecule has 0 radical (unpaired) electrons. The van der Waals surface area contributed by atoms with Crippen molar-refractivity contribution in [2.75, 3.05) is 13.1 Å². The minimum atomic E-state index is -3.41. The number of piperidine rings is 1. The highest BCUT2D eigenvalue weighted by Gasteiger charge is 2.25. The number of hydrogen-bond acceptors (Lipinski definition) is 3. The fourth-order valence-corrected chi connectivity index (χ4v) is 5.56. The van der Waals surface area contributed by atoms with Crippen LogP contribution in [0, 0.1) is 0 Å². The van der Waals surface area contributed by atoms with Crippen molar-refractivity contribution >= 4 is 26.7 Å². The smallest absolute Gasteiger partial charge is 0.243 e. The molecule has 1 aliphatic heterocycles. The lowest BCUT2D eigenvalue weighted by Crippen LogP contribution is -2.35. The minimum Gasteiger partial charge on any atom is -0.350 e. The molecule has 2 heterocycles. The summed E-state index contributed by atoms with van der Waals surface area (Å²) in [5, 5.41) is 0.975. The first-order valence-corrected chi connectivity index (χ1v) is 11.6. The van der Waals surface area contributed by atoms with E-state index in [2.05, 4.69) is 0 Å². The van der Waals surface area contributed by atoms with Crippen LogP contribution in [0.5, 0.6) is 0 Å². The van der Waals surface area contributed by atoms with Gasteiger partial charge < -0.3 is 4.57 Å². The molecule has 1 saturated heterocycles. The van der Waals surface area contributed by atoms with E-state index in [-0.39, 0.29) is 5.78 Å². The van der Waals surface area contributed by atoms with Gasteiger partial charge in [0.15, 0.2) is 5.78 Å². The number of aromatic nitrogens is 1. The van der Waals surface area contributed by atoms with E-state index in [4.69, 9.17) is 0 Å². The molecule has 1 aliphatic rings. The molecule has 0 N–H and O–H groups in total. The number of Topliss-reactive ketones (excluding diaryl/α,β-unsaturated/α-hetero) is 1. The number of para-hydroxylation sites is 1. The van der Waals surface area contributed by atoms with Crippen LogP contribution >= 0.6 is 0 Å². The summed E-state index contributed by atoms with van der Waals surface area (Å²) in [6, 6.07) is 14.9. The molecule has 3 aromatic rings. The summed E-state index contributed by atoms with van der Waals surface area (Å²) in [4.78, 5) is 13.1. The van der Waals surface area contributed by atoms with Crippen LogP contribution in [0.4, 0.5) is 0 Å². The van der Waals surface area contributed by atoms with Gasteiger partial charge in [0.1, 0.15) is 0 Å². The van der Waals surface area contributed by atoms with Crippen molar-refractivity contribution in [1.82, 2.24) is 8.87 Å². The number of carbonyl (C=O) groups is 1. The molecule has 0 bridgehead atoms. The predicted octanol–water partition coefficient (Wildman–Crippen LogP) is 4.17. The Bertz CT molecular complexity index is 1120. The second-order valence-corrected chi connectivity index (χ2v) is 9.64. The number of aryl methyl sites for hydroxylation is 2. The molecular formula is C23H26N2O3S. The second-order valence-electron chi connectivity index (χ2n) is 7.70. The first-order valence-electron chi connectivity index (χ1n) is 10.1. The van der Waals surface area contributed by atoms with E-state index in [1.807, 2.05) is 54.2 Å². The maximum Gasteiger partial charge on any atom is 0.243 e. The molecule has 0 unspecified atom stereocenters. The zero-order chi connectivity index (χ0) is 20.4. The SMILES string of the molecule is Cn1cc(C(=O)CCc2ccc(S(=O)(=O)N3CCCCC3)cc2)c2ccccc21. The largest absolute Gasteiger partial charge is 0.350 e. The highest BCUT2D eigenvalue weighted by molar-refractivity contribution is 7.89. The number of carbonyl (C=O) groups excluding carboxylic acids is 1. The lowest BCUT2D eigenvalue weighted by molar-refractivity contribution is 0.0984. The summed E-state index contributed by atoms with van der Waals surface area (Å²) in [6.45, 7) is 1.20. The Morgan fingerprint density at radius 3 is 2.38 bits per heavy atom. The fraction of sp³-hybridized carbons (Fsp3) is 0.348. The van der Waals surface area contributed by atoms with Crippen LogP contribution < -0.4 is 0 Å². The van der Waals surface area contributed by atoms with Gasteiger partial charge in [0.05, 0.1) is 4.90 Å². The highest BCUT2D eigenvalue weighted by atomic mass is 32.2. The minimum absolute atomic E-state index is 0.104. The van der Waals surface area contributed by atoms with Crippen LogP contribution in [0.25, 0.3) is 10.9 Å². The van der Waals surface area contributed by atoms with Crippen LogP contribution in [-0.2, 0) is 23.5 Å². The van der Waals surface area contributed by atoms with E-state index in [0.29, 0.717) is 30.8 Å². The molecule has 6 heteroatoms. The third-order valence-electron chi connectivity index (χ3n) is 5.71. The third kappa shape index (κ3) is 4.00. The molecular weight excluding hydrogens is 384 g/mol. The number of fused-ring (bicyclic) bond motifs is 1. The number of ketones is 1. The number of hydrogen-bond donors (Lipinski definition) is 0. The average molecular weight is 411 g/mol. The number of nitrogens with zero attached hydrogens (tertiary/aromatic N) is 2. The van der Waals surface area contributed by atoms with Crippen molar-refractivity contribution in [2.45, 2.75) is 37.0 Å². The van der Waals surface area contributed by atoms with Gasteiger partial charge in [0.2, 0.25) is 10.0 Å². The molecule has 5 nitrogen and oxygen atoms in total. The van der Waals surface area contributed by atoms with Gasteiger partial charge in [-0.15, -0.1) is 0 Å². The molecule has 4 rings (SSSR count).